The van der Waals surface area contributed by atoms with Crippen molar-refractivity contribution in [2.24, 2.45) is 0 Å². The van der Waals surface area contributed by atoms with Crippen LogP contribution in [0, 0.1) is 4.64 Å². The Labute approximate surface area is 118 Å². The first-order valence-corrected chi connectivity index (χ1v) is 7.25. The third-order valence-electron chi connectivity index (χ3n) is 3.87. The molecule has 1 aliphatic rings. The van der Waals surface area contributed by atoms with E-state index >= 15 is 0 Å². The topological polar surface area (TPSA) is 28.7 Å². The van der Waals surface area contributed by atoms with Crippen molar-refractivity contribution in [3.8, 4) is 0 Å². The van der Waals surface area contributed by atoms with E-state index in [0.717, 1.165) is 18.7 Å². The summed E-state index contributed by atoms with van der Waals surface area (Å²) in [6.07, 6.45) is 2.26. The van der Waals surface area contributed by atoms with Gasteiger partial charge in [-0.15, -0.1) is 0 Å². The minimum atomic E-state index is 0.372. The lowest BCUT2D eigenvalue weighted by Gasteiger charge is -2.14. The molecule has 2 nitrogen and oxygen atoms in total. The summed E-state index contributed by atoms with van der Waals surface area (Å²) in [5.74, 6) is 1.85. The number of aromatic nitrogens is 2. The molecule has 3 rings (SSSR count). The predicted molar refractivity (Wildman–Crippen MR) is 80.1 cm³/mol. The van der Waals surface area contributed by atoms with E-state index in [1.54, 1.807) is 0 Å². The smallest absolute Gasteiger partial charge is 0.130 e. The molecular weight excluding hydrogens is 252 g/mol. The summed E-state index contributed by atoms with van der Waals surface area (Å²) in [6, 6.07) is 10.6. The fourth-order valence-corrected chi connectivity index (χ4v) is 3.04. The number of nitrogens with zero attached hydrogens (tertiary/aromatic N) is 1. The minimum Gasteiger partial charge on any atom is -0.346 e. The van der Waals surface area contributed by atoms with Crippen LogP contribution in [0.3, 0.4) is 0 Å². The monoisotopic (exact) mass is 270 g/mol. The summed E-state index contributed by atoms with van der Waals surface area (Å²) in [5, 5.41) is 0. The van der Waals surface area contributed by atoms with Crippen LogP contribution < -0.4 is 0 Å². The standard InChI is InChI=1S/C16H18N2S/c1-10(2)14-9-15(19)18-16(17-14)13-8-7-11-5-3-4-6-12(11)13/h3-6,9-10,13H,7-8H2,1-2H3,(H,17,18,19). The molecule has 1 heterocycles. The Morgan fingerprint density at radius 2 is 2.11 bits per heavy atom. The molecule has 0 saturated heterocycles. The Balaban J connectivity index is 2.07. The number of aryl methyl sites for hydroxylation is 1. The molecule has 1 N–H and O–H groups in total. The Hall–Kier alpha value is -1.48. The summed E-state index contributed by atoms with van der Waals surface area (Å²) in [4.78, 5) is 8.05. The van der Waals surface area contributed by atoms with Gasteiger partial charge in [0, 0.05) is 11.6 Å². The molecule has 19 heavy (non-hydrogen) atoms. The maximum absolute atomic E-state index is 5.31. The highest BCUT2D eigenvalue weighted by molar-refractivity contribution is 7.71. The van der Waals surface area contributed by atoms with Gasteiger partial charge in [0.05, 0.1) is 0 Å². The Bertz CT molecular complexity index is 658. The molecule has 1 aromatic carbocycles. The molecule has 0 spiro atoms. The van der Waals surface area contributed by atoms with Gasteiger partial charge in [-0.1, -0.05) is 50.3 Å². The highest BCUT2D eigenvalue weighted by Crippen LogP contribution is 2.36. The van der Waals surface area contributed by atoms with Gasteiger partial charge in [0.2, 0.25) is 0 Å². The zero-order chi connectivity index (χ0) is 13.4. The predicted octanol–water partition coefficient (Wildman–Crippen LogP) is 4.34. The van der Waals surface area contributed by atoms with Crippen molar-refractivity contribution in [2.45, 2.75) is 38.5 Å². The van der Waals surface area contributed by atoms with E-state index < -0.39 is 0 Å². The second-order valence-corrected chi connectivity index (χ2v) is 5.92. The van der Waals surface area contributed by atoms with Crippen molar-refractivity contribution in [2.75, 3.05) is 0 Å². The number of rotatable bonds is 2. The number of H-pyrrole nitrogens is 1. The SMILES string of the molecule is CC(C)c1cc(=S)nc(C2CCc3ccccc32)[nH]1. The molecule has 1 atom stereocenters. The van der Waals surface area contributed by atoms with Crippen LogP contribution in [0.25, 0.3) is 0 Å². The van der Waals surface area contributed by atoms with E-state index in [9.17, 15) is 0 Å². The average molecular weight is 270 g/mol. The minimum absolute atomic E-state index is 0.372. The largest absolute Gasteiger partial charge is 0.346 e. The van der Waals surface area contributed by atoms with Gasteiger partial charge < -0.3 is 4.98 Å². The molecule has 0 saturated carbocycles. The van der Waals surface area contributed by atoms with Crippen molar-refractivity contribution in [1.82, 2.24) is 9.97 Å². The van der Waals surface area contributed by atoms with Crippen LogP contribution >= 0.6 is 12.2 Å². The molecule has 0 fully saturated rings. The first kappa shape index (κ1) is 12.5. The average Bonchev–Trinajstić information content (AvgIpc) is 2.81. The summed E-state index contributed by atoms with van der Waals surface area (Å²) in [5.41, 5.74) is 4.03. The van der Waals surface area contributed by atoms with E-state index in [1.165, 1.54) is 16.8 Å². The molecule has 1 aromatic heterocycles. The Morgan fingerprint density at radius 1 is 1.32 bits per heavy atom. The molecule has 1 unspecified atom stereocenters. The normalized spacial score (nSPS) is 17.7. The van der Waals surface area contributed by atoms with Gasteiger partial charge in [-0.25, -0.2) is 4.98 Å². The van der Waals surface area contributed by atoms with Crippen LogP contribution in [-0.4, -0.2) is 9.97 Å². The van der Waals surface area contributed by atoms with Gasteiger partial charge in [0.1, 0.15) is 10.5 Å². The third kappa shape index (κ3) is 2.35. The highest BCUT2D eigenvalue weighted by Gasteiger charge is 2.25. The quantitative estimate of drug-likeness (QED) is 0.822. The second-order valence-electron chi connectivity index (χ2n) is 5.50. The number of hydrogen-bond acceptors (Lipinski definition) is 2. The number of benzene rings is 1. The van der Waals surface area contributed by atoms with Gasteiger partial charge in [-0.3, -0.25) is 0 Å². The molecule has 98 valence electrons. The summed E-state index contributed by atoms with van der Waals surface area (Å²) < 4.78 is 0.696. The van der Waals surface area contributed by atoms with Gasteiger partial charge in [0.15, 0.2) is 0 Å². The zero-order valence-corrected chi connectivity index (χ0v) is 12.1. The maximum atomic E-state index is 5.31. The molecule has 0 bridgehead atoms. The van der Waals surface area contributed by atoms with Gasteiger partial charge in [0.25, 0.3) is 0 Å². The molecule has 1 aliphatic carbocycles. The lowest BCUT2D eigenvalue weighted by atomic mass is 10.00. The summed E-state index contributed by atoms with van der Waals surface area (Å²) in [7, 11) is 0. The molecule has 0 radical (unpaired) electrons. The third-order valence-corrected chi connectivity index (χ3v) is 4.08. The van der Waals surface area contributed by atoms with E-state index in [0.29, 0.717) is 16.5 Å². The van der Waals surface area contributed by atoms with Crippen molar-refractivity contribution in [1.29, 1.82) is 0 Å². The van der Waals surface area contributed by atoms with Gasteiger partial charge >= 0.3 is 0 Å². The molecule has 3 heteroatoms. The lowest BCUT2D eigenvalue weighted by Crippen LogP contribution is -2.06. The first-order chi connectivity index (χ1) is 9.15. The van der Waals surface area contributed by atoms with Crippen molar-refractivity contribution in [3.05, 3.63) is 57.6 Å². The Kier molecular flexibility index (Phi) is 3.23. The number of fused-ring (bicyclic) bond motifs is 1. The van der Waals surface area contributed by atoms with Crippen LogP contribution in [0.1, 0.15) is 54.7 Å². The van der Waals surface area contributed by atoms with Crippen LogP contribution in [0.15, 0.2) is 30.3 Å². The van der Waals surface area contributed by atoms with E-state index in [2.05, 4.69) is 48.1 Å². The van der Waals surface area contributed by atoms with E-state index in [1.807, 2.05) is 6.07 Å². The Morgan fingerprint density at radius 3 is 2.89 bits per heavy atom. The molecule has 2 aromatic rings. The summed E-state index contributed by atoms with van der Waals surface area (Å²) in [6.45, 7) is 4.35. The van der Waals surface area contributed by atoms with E-state index in [4.69, 9.17) is 12.2 Å². The van der Waals surface area contributed by atoms with Crippen molar-refractivity contribution in [3.63, 3.8) is 0 Å². The van der Waals surface area contributed by atoms with E-state index in [-0.39, 0.29) is 0 Å². The molecular formula is C16H18N2S. The molecule has 0 amide bonds. The fourth-order valence-electron chi connectivity index (χ4n) is 2.81. The van der Waals surface area contributed by atoms with Crippen LogP contribution in [0.4, 0.5) is 0 Å². The van der Waals surface area contributed by atoms with Crippen molar-refractivity contribution >= 4 is 12.2 Å². The van der Waals surface area contributed by atoms with Crippen molar-refractivity contribution < 1.29 is 0 Å². The number of aromatic amines is 1. The van der Waals surface area contributed by atoms with Gasteiger partial charge in [-0.05, 0) is 36.0 Å². The van der Waals surface area contributed by atoms with Gasteiger partial charge in [-0.2, -0.15) is 0 Å². The first-order valence-electron chi connectivity index (χ1n) is 6.84. The molecule has 0 aliphatic heterocycles. The second kappa shape index (κ2) is 4.89. The van der Waals surface area contributed by atoms with Crippen LogP contribution in [-0.2, 0) is 6.42 Å². The number of nitrogens with one attached hydrogen (secondary N) is 1. The highest BCUT2D eigenvalue weighted by atomic mass is 32.1. The fraction of sp³-hybridized carbons (Fsp3) is 0.375. The van der Waals surface area contributed by atoms with Crippen LogP contribution in [0.5, 0.6) is 0 Å². The maximum Gasteiger partial charge on any atom is 0.130 e. The zero-order valence-electron chi connectivity index (χ0n) is 11.3. The lowest BCUT2D eigenvalue weighted by molar-refractivity contribution is 0.701. The van der Waals surface area contributed by atoms with Crippen LogP contribution in [0.2, 0.25) is 0 Å². The number of hydrogen-bond donors (Lipinski definition) is 1. The summed E-state index contributed by atoms with van der Waals surface area (Å²) >= 11 is 5.31.